The summed E-state index contributed by atoms with van der Waals surface area (Å²) in [6.45, 7) is 6.98. The molecule has 0 amide bonds. The van der Waals surface area contributed by atoms with Gasteiger partial charge in [-0.3, -0.25) is 0 Å². The minimum atomic E-state index is -0.519. The van der Waals surface area contributed by atoms with Gasteiger partial charge in [0.15, 0.2) is 11.6 Å². The molecule has 0 aliphatic rings. The van der Waals surface area contributed by atoms with E-state index in [0.29, 0.717) is 46.4 Å². The molecule has 0 saturated heterocycles. The molecule has 0 spiro atoms. The Morgan fingerprint density at radius 2 is 1.16 bits per heavy atom. The molecule has 0 aliphatic carbocycles. The maximum Gasteiger partial charge on any atom is 0.343 e. The fourth-order valence-corrected chi connectivity index (χ4v) is 5.06. The predicted octanol–water partition coefficient (Wildman–Crippen LogP) is 11.0. The van der Waals surface area contributed by atoms with E-state index in [0.717, 1.165) is 31.2 Å². The zero-order valence-corrected chi connectivity index (χ0v) is 29.0. The highest BCUT2D eigenvalue weighted by molar-refractivity contribution is 5.92. The van der Waals surface area contributed by atoms with Crippen molar-refractivity contribution in [2.45, 2.75) is 97.5 Å². The molecule has 0 fully saturated rings. The van der Waals surface area contributed by atoms with Crippen molar-refractivity contribution in [2.24, 2.45) is 10.2 Å². The summed E-state index contributed by atoms with van der Waals surface area (Å²) in [5.74, 6) is 0.710. The number of rotatable bonds is 20. The first-order valence-electron chi connectivity index (χ1n) is 17.6. The number of ether oxygens (including phenoxy) is 3. The molecule has 4 rings (SSSR count). The number of nitrogens with zero attached hydrogens (tertiary/aromatic N) is 4. The highest BCUT2D eigenvalue weighted by Crippen LogP contribution is 2.24. The molecule has 1 atom stereocenters. The number of unbranched alkanes of at least 4 members (excludes halogenated alkanes) is 8. The minimum Gasteiger partial charge on any atom is -0.490 e. The van der Waals surface area contributed by atoms with Gasteiger partial charge in [0.25, 0.3) is 0 Å². The van der Waals surface area contributed by atoms with Crippen LogP contribution in [0.2, 0.25) is 0 Å². The van der Waals surface area contributed by atoms with Crippen LogP contribution in [0.3, 0.4) is 0 Å². The number of benzene rings is 3. The maximum absolute atomic E-state index is 12.7. The quantitative estimate of drug-likeness (QED) is 0.0400. The summed E-state index contributed by atoms with van der Waals surface area (Å²) in [7, 11) is 0. The lowest BCUT2D eigenvalue weighted by Gasteiger charge is -2.13. The normalized spacial score (nSPS) is 11.7. The van der Waals surface area contributed by atoms with Gasteiger partial charge >= 0.3 is 11.9 Å². The average Bonchev–Trinajstić information content (AvgIpc) is 3.13. The second-order valence-corrected chi connectivity index (χ2v) is 12.1. The summed E-state index contributed by atoms with van der Waals surface area (Å²) in [5.41, 5.74) is 2.89. The summed E-state index contributed by atoms with van der Waals surface area (Å²) in [4.78, 5) is 34.1. The molecular weight excluding hydrogens is 616 g/mol. The highest BCUT2D eigenvalue weighted by Gasteiger charge is 2.14. The number of carbonyl (C=O) groups is 2. The molecule has 258 valence electrons. The third-order valence-corrected chi connectivity index (χ3v) is 7.98. The van der Waals surface area contributed by atoms with Crippen molar-refractivity contribution in [1.82, 2.24) is 9.97 Å². The lowest BCUT2D eigenvalue weighted by molar-refractivity contribution is 0.0319. The second-order valence-electron chi connectivity index (χ2n) is 12.1. The van der Waals surface area contributed by atoms with Crippen molar-refractivity contribution in [1.29, 1.82) is 0 Å². The standard InChI is InChI=1S/C40H48N4O5/c1-4-6-8-10-11-13-27-47-37-28-41-38(42-29-37)31-15-21-34(22-16-31)43-44-35-23-17-32(18-24-35)40(46)49-36-25-19-33(20-26-36)39(45)48-30(3)14-12-9-7-5-2/h15-26,28-30H,4-14,27H2,1-3H3/t30-/m0/s1. The van der Waals surface area contributed by atoms with E-state index in [1.54, 1.807) is 60.9 Å². The molecule has 0 N–H and O–H groups in total. The van der Waals surface area contributed by atoms with Crippen molar-refractivity contribution >= 4 is 23.3 Å². The first-order valence-corrected chi connectivity index (χ1v) is 17.6. The molecule has 1 aromatic heterocycles. The van der Waals surface area contributed by atoms with Gasteiger partial charge in [-0.2, -0.15) is 10.2 Å². The molecule has 49 heavy (non-hydrogen) atoms. The third-order valence-electron chi connectivity index (χ3n) is 7.98. The van der Waals surface area contributed by atoms with Gasteiger partial charge in [-0.15, -0.1) is 0 Å². The SMILES string of the molecule is CCCCCCCCOc1cnc(-c2ccc(N=Nc3ccc(C(=O)Oc4ccc(C(=O)O[C@@H](C)CCCCCC)cc4)cc3)cc2)nc1. The highest BCUT2D eigenvalue weighted by atomic mass is 16.5. The predicted molar refractivity (Wildman–Crippen MR) is 192 cm³/mol. The van der Waals surface area contributed by atoms with E-state index in [-0.39, 0.29) is 12.1 Å². The van der Waals surface area contributed by atoms with E-state index < -0.39 is 5.97 Å². The van der Waals surface area contributed by atoms with E-state index >= 15 is 0 Å². The Balaban J connectivity index is 1.21. The van der Waals surface area contributed by atoms with Crippen molar-refractivity contribution in [3.8, 4) is 22.9 Å². The van der Waals surface area contributed by atoms with E-state index in [9.17, 15) is 9.59 Å². The zero-order chi connectivity index (χ0) is 34.7. The fourth-order valence-electron chi connectivity index (χ4n) is 5.06. The van der Waals surface area contributed by atoms with Crippen LogP contribution >= 0.6 is 0 Å². The Morgan fingerprint density at radius 3 is 1.80 bits per heavy atom. The van der Waals surface area contributed by atoms with E-state index in [4.69, 9.17) is 14.2 Å². The molecular formula is C40H48N4O5. The van der Waals surface area contributed by atoms with Crippen LogP contribution in [0.4, 0.5) is 11.4 Å². The van der Waals surface area contributed by atoms with Crippen LogP contribution in [0.5, 0.6) is 11.5 Å². The van der Waals surface area contributed by atoms with Gasteiger partial charge in [-0.25, -0.2) is 19.6 Å². The first kappa shape index (κ1) is 36.9. The first-order chi connectivity index (χ1) is 23.9. The Morgan fingerprint density at radius 1 is 0.633 bits per heavy atom. The number of hydrogen-bond donors (Lipinski definition) is 0. The Hall–Kier alpha value is -4.92. The van der Waals surface area contributed by atoms with Crippen LogP contribution in [-0.4, -0.2) is 34.6 Å². The van der Waals surface area contributed by atoms with Crippen molar-refractivity contribution in [2.75, 3.05) is 6.61 Å². The molecule has 0 unspecified atom stereocenters. The average molecular weight is 665 g/mol. The van der Waals surface area contributed by atoms with Gasteiger partial charge in [0.2, 0.25) is 0 Å². The van der Waals surface area contributed by atoms with Crippen molar-refractivity contribution < 1.29 is 23.8 Å². The maximum atomic E-state index is 12.7. The molecule has 0 saturated carbocycles. The fraction of sp³-hybridized carbons (Fsp3) is 0.400. The smallest absolute Gasteiger partial charge is 0.343 e. The summed E-state index contributed by atoms with van der Waals surface area (Å²) in [6, 6.07) is 20.5. The van der Waals surface area contributed by atoms with E-state index in [1.807, 2.05) is 31.2 Å². The number of hydrogen-bond acceptors (Lipinski definition) is 9. The number of azo groups is 1. The molecule has 9 nitrogen and oxygen atoms in total. The molecule has 9 heteroatoms. The van der Waals surface area contributed by atoms with Gasteiger partial charge in [0, 0.05) is 5.56 Å². The van der Waals surface area contributed by atoms with E-state index in [2.05, 4.69) is 34.0 Å². The Kier molecular flexibility index (Phi) is 15.4. The van der Waals surface area contributed by atoms with Gasteiger partial charge in [-0.1, -0.05) is 65.2 Å². The number of esters is 2. The second kappa shape index (κ2) is 20.4. The van der Waals surface area contributed by atoms with Crippen LogP contribution in [0.1, 0.15) is 112 Å². The Bertz CT molecular complexity index is 1590. The third kappa shape index (κ3) is 12.9. The molecule has 3 aromatic carbocycles. The van der Waals surface area contributed by atoms with Crippen molar-refractivity contribution in [3.05, 3.63) is 96.3 Å². The van der Waals surface area contributed by atoms with Crippen LogP contribution in [0.25, 0.3) is 11.4 Å². The summed E-state index contributed by atoms with van der Waals surface area (Å²) >= 11 is 0. The summed E-state index contributed by atoms with van der Waals surface area (Å²) in [6.07, 6.45) is 16.0. The van der Waals surface area contributed by atoms with E-state index in [1.165, 1.54) is 44.9 Å². The molecule has 0 aliphatic heterocycles. The van der Waals surface area contributed by atoms with Crippen LogP contribution in [-0.2, 0) is 4.74 Å². The van der Waals surface area contributed by atoms with Gasteiger partial charge in [0.1, 0.15) is 5.75 Å². The van der Waals surface area contributed by atoms with Gasteiger partial charge in [-0.05, 0) is 99.0 Å². The van der Waals surface area contributed by atoms with Crippen LogP contribution in [0, 0.1) is 0 Å². The lowest BCUT2D eigenvalue weighted by Crippen LogP contribution is -2.15. The van der Waals surface area contributed by atoms with Crippen molar-refractivity contribution in [3.63, 3.8) is 0 Å². The summed E-state index contributed by atoms with van der Waals surface area (Å²) < 4.78 is 16.8. The number of carbonyl (C=O) groups excluding carboxylic acids is 2. The lowest BCUT2D eigenvalue weighted by atomic mass is 10.1. The number of aromatic nitrogens is 2. The molecule has 4 aromatic rings. The molecule has 0 bridgehead atoms. The Labute approximate surface area is 290 Å². The van der Waals surface area contributed by atoms with Gasteiger partial charge in [0.05, 0.1) is 47.6 Å². The minimum absolute atomic E-state index is 0.144. The van der Waals surface area contributed by atoms with Crippen LogP contribution < -0.4 is 9.47 Å². The largest absolute Gasteiger partial charge is 0.490 e. The van der Waals surface area contributed by atoms with Crippen LogP contribution in [0.15, 0.2) is 95.4 Å². The molecule has 1 heterocycles. The summed E-state index contributed by atoms with van der Waals surface area (Å²) in [5, 5.41) is 8.59. The topological polar surface area (TPSA) is 112 Å². The van der Waals surface area contributed by atoms with Gasteiger partial charge < -0.3 is 14.2 Å². The zero-order valence-electron chi connectivity index (χ0n) is 29.0. The monoisotopic (exact) mass is 664 g/mol. The molecule has 0 radical (unpaired) electrons.